The summed E-state index contributed by atoms with van der Waals surface area (Å²) < 4.78 is 1.85. The van der Waals surface area contributed by atoms with E-state index < -0.39 is 0 Å². The molecule has 3 rings (SSSR count). The minimum Gasteiger partial charge on any atom is -0.328 e. The molecule has 2 aromatic heterocycles. The molecule has 0 aliphatic carbocycles. The molecular formula is C16H20N4OS2. The van der Waals surface area contributed by atoms with Crippen LogP contribution in [0.5, 0.6) is 0 Å². The second-order valence-electron chi connectivity index (χ2n) is 5.50. The number of thiophene rings is 1. The van der Waals surface area contributed by atoms with Gasteiger partial charge in [-0.25, -0.2) is 4.68 Å². The lowest BCUT2D eigenvalue weighted by Gasteiger charge is -2.26. The first-order valence-electron chi connectivity index (χ1n) is 7.73. The van der Waals surface area contributed by atoms with Gasteiger partial charge >= 0.3 is 0 Å². The fourth-order valence-corrected chi connectivity index (χ4v) is 4.40. The number of nitrogens with zero attached hydrogens (tertiary/aromatic N) is 3. The third-order valence-corrected chi connectivity index (χ3v) is 5.60. The number of rotatable bonds is 6. The highest BCUT2D eigenvalue weighted by atomic mass is 32.2. The fraction of sp³-hybridized carbons (Fsp3) is 0.438. The van der Waals surface area contributed by atoms with Gasteiger partial charge in [0.05, 0.1) is 0 Å². The Bertz CT molecular complexity index is 733. The number of aromatic nitrogens is 3. The summed E-state index contributed by atoms with van der Waals surface area (Å²) in [7, 11) is 0. The van der Waals surface area contributed by atoms with Gasteiger partial charge in [-0.05, 0) is 31.7 Å². The van der Waals surface area contributed by atoms with Crippen LogP contribution in [0.15, 0.2) is 33.9 Å². The molecule has 0 saturated heterocycles. The zero-order valence-electron chi connectivity index (χ0n) is 13.5. The van der Waals surface area contributed by atoms with Crippen LogP contribution in [-0.2, 0) is 4.79 Å². The zero-order chi connectivity index (χ0) is 16.4. The van der Waals surface area contributed by atoms with E-state index in [0.717, 1.165) is 39.9 Å². The topological polar surface area (TPSA) is 59.8 Å². The van der Waals surface area contributed by atoms with E-state index in [2.05, 4.69) is 22.3 Å². The van der Waals surface area contributed by atoms with Crippen LogP contribution in [-0.4, -0.2) is 26.3 Å². The highest BCUT2D eigenvalue weighted by molar-refractivity contribution is 7.99. The predicted octanol–water partition coefficient (Wildman–Crippen LogP) is 4.11. The van der Waals surface area contributed by atoms with Gasteiger partial charge in [0.2, 0.25) is 11.1 Å². The Labute approximate surface area is 144 Å². The van der Waals surface area contributed by atoms with Gasteiger partial charge in [-0.15, -0.1) is 16.4 Å². The Morgan fingerprint density at radius 2 is 2.35 bits per heavy atom. The number of unbranched alkanes of at least 4 members (excludes halogenated alkanes) is 1. The minimum absolute atomic E-state index is 0.0646. The maximum absolute atomic E-state index is 12.2. The van der Waals surface area contributed by atoms with E-state index >= 15 is 0 Å². The first-order valence-corrected chi connectivity index (χ1v) is 9.59. The second kappa shape index (κ2) is 6.88. The highest BCUT2D eigenvalue weighted by Crippen LogP contribution is 2.38. The second-order valence-corrected chi connectivity index (χ2v) is 7.54. The Morgan fingerprint density at radius 3 is 3.00 bits per heavy atom. The number of hydrogen-bond donors (Lipinski definition) is 1. The van der Waals surface area contributed by atoms with Crippen LogP contribution in [0, 0.1) is 0 Å². The van der Waals surface area contributed by atoms with Crippen LogP contribution < -0.4 is 5.32 Å². The van der Waals surface area contributed by atoms with Crippen molar-refractivity contribution in [3.05, 3.63) is 33.7 Å². The van der Waals surface area contributed by atoms with E-state index in [9.17, 15) is 4.79 Å². The molecule has 3 heterocycles. The van der Waals surface area contributed by atoms with Crippen LogP contribution in [0.2, 0.25) is 0 Å². The van der Waals surface area contributed by atoms with Crippen LogP contribution in [0.4, 0.5) is 5.95 Å². The predicted molar refractivity (Wildman–Crippen MR) is 95.1 cm³/mol. The molecule has 0 amide bonds. The van der Waals surface area contributed by atoms with Gasteiger partial charge in [0.25, 0.3) is 0 Å². The Morgan fingerprint density at radius 1 is 1.52 bits per heavy atom. The number of Topliss-reactive ketones (excluding diaryl/α,β-unsaturated/α-hetero) is 1. The number of allylic oxidation sites excluding steroid dienone is 2. The van der Waals surface area contributed by atoms with Crippen LogP contribution in [0.25, 0.3) is 0 Å². The van der Waals surface area contributed by atoms with Gasteiger partial charge in [-0.2, -0.15) is 4.98 Å². The molecule has 7 heteroatoms. The summed E-state index contributed by atoms with van der Waals surface area (Å²) in [5.41, 5.74) is 1.62. The lowest BCUT2D eigenvalue weighted by atomic mass is 9.98. The maximum Gasteiger partial charge on any atom is 0.227 e. The average Bonchev–Trinajstić information content (AvgIpc) is 3.14. The molecule has 1 aliphatic rings. The van der Waals surface area contributed by atoms with Crippen molar-refractivity contribution >= 4 is 34.8 Å². The molecular weight excluding hydrogens is 328 g/mol. The molecule has 5 nitrogen and oxygen atoms in total. The van der Waals surface area contributed by atoms with E-state index in [-0.39, 0.29) is 11.8 Å². The number of ketones is 1. The molecule has 0 fully saturated rings. The van der Waals surface area contributed by atoms with E-state index in [1.165, 1.54) is 0 Å². The monoisotopic (exact) mass is 348 g/mol. The molecule has 0 aromatic carbocycles. The fourth-order valence-electron chi connectivity index (χ4n) is 2.67. The molecule has 0 radical (unpaired) electrons. The first-order chi connectivity index (χ1) is 11.1. The molecule has 122 valence electrons. The maximum atomic E-state index is 12.2. The van der Waals surface area contributed by atoms with Crippen molar-refractivity contribution in [1.29, 1.82) is 0 Å². The van der Waals surface area contributed by atoms with Crippen LogP contribution >= 0.6 is 23.1 Å². The van der Waals surface area contributed by atoms with E-state index in [1.807, 2.05) is 29.1 Å². The average molecular weight is 348 g/mol. The van der Waals surface area contributed by atoms with Gasteiger partial charge in [-0.3, -0.25) is 4.79 Å². The smallest absolute Gasteiger partial charge is 0.227 e. The Balaban J connectivity index is 1.99. The molecule has 23 heavy (non-hydrogen) atoms. The lowest BCUT2D eigenvalue weighted by molar-refractivity contribution is -0.114. The number of anilines is 1. The molecule has 1 atom stereocenters. The summed E-state index contributed by atoms with van der Waals surface area (Å²) in [4.78, 5) is 17.9. The number of hydrogen-bond acceptors (Lipinski definition) is 6. The van der Waals surface area contributed by atoms with Gasteiger partial charge in [0.15, 0.2) is 5.78 Å². The van der Waals surface area contributed by atoms with Gasteiger partial charge in [0, 0.05) is 21.9 Å². The van der Waals surface area contributed by atoms with E-state index in [1.54, 1.807) is 30.0 Å². The standard InChI is InChI=1S/C16H20N4OS2/c1-4-5-8-23-16-18-15-17-10(2)13(11(3)21)14(20(15)19-16)12-7-6-9-22-12/h6-7,9,14H,4-5,8H2,1-3H3,(H,17,18,19). The van der Waals surface area contributed by atoms with E-state index in [0.29, 0.717) is 5.95 Å². The largest absolute Gasteiger partial charge is 0.328 e. The zero-order valence-corrected chi connectivity index (χ0v) is 15.1. The van der Waals surface area contributed by atoms with Gasteiger partial charge < -0.3 is 5.32 Å². The SMILES string of the molecule is CCCCSc1nc2n(n1)C(c1cccs1)C(C(C)=O)=C(C)N2. The normalized spacial score (nSPS) is 17.1. The third kappa shape index (κ3) is 3.21. The molecule has 2 aromatic rings. The van der Waals surface area contributed by atoms with Gasteiger partial charge in [-0.1, -0.05) is 31.2 Å². The van der Waals surface area contributed by atoms with Crippen molar-refractivity contribution in [3.8, 4) is 0 Å². The number of carbonyl (C=O) groups is 1. The molecule has 1 unspecified atom stereocenters. The summed E-state index contributed by atoms with van der Waals surface area (Å²) in [6.45, 7) is 5.71. The van der Waals surface area contributed by atoms with E-state index in [4.69, 9.17) is 0 Å². The Kier molecular flexibility index (Phi) is 4.87. The van der Waals surface area contributed by atoms with Crippen molar-refractivity contribution in [3.63, 3.8) is 0 Å². The first kappa shape index (κ1) is 16.3. The minimum atomic E-state index is -0.184. The molecule has 0 saturated carbocycles. The van der Waals surface area contributed by atoms with Crippen molar-refractivity contribution in [2.24, 2.45) is 0 Å². The lowest BCUT2D eigenvalue weighted by Crippen LogP contribution is -2.27. The highest BCUT2D eigenvalue weighted by Gasteiger charge is 2.33. The summed E-state index contributed by atoms with van der Waals surface area (Å²) in [6.07, 6.45) is 2.30. The van der Waals surface area contributed by atoms with Crippen molar-refractivity contribution in [1.82, 2.24) is 14.8 Å². The summed E-state index contributed by atoms with van der Waals surface area (Å²) >= 11 is 3.30. The summed E-state index contributed by atoms with van der Waals surface area (Å²) in [5.74, 6) is 1.79. The quantitative estimate of drug-likeness (QED) is 0.629. The van der Waals surface area contributed by atoms with Crippen LogP contribution in [0.3, 0.4) is 0 Å². The molecule has 1 aliphatic heterocycles. The molecule has 1 N–H and O–H groups in total. The molecule has 0 spiro atoms. The number of thioether (sulfide) groups is 1. The van der Waals surface area contributed by atoms with Crippen molar-refractivity contribution < 1.29 is 4.79 Å². The number of fused-ring (bicyclic) bond motifs is 1. The number of carbonyl (C=O) groups excluding carboxylic acids is 1. The van der Waals surface area contributed by atoms with Crippen LogP contribution in [0.1, 0.15) is 44.5 Å². The number of nitrogens with one attached hydrogen (secondary N) is 1. The molecule has 0 bridgehead atoms. The Hall–Kier alpha value is -1.60. The van der Waals surface area contributed by atoms with Gasteiger partial charge in [0.1, 0.15) is 6.04 Å². The summed E-state index contributed by atoms with van der Waals surface area (Å²) in [5, 5.41) is 10.7. The van der Waals surface area contributed by atoms with Crippen molar-refractivity contribution in [2.45, 2.75) is 44.8 Å². The summed E-state index contributed by atoms with van der Waals surface area (Å²) in [6, 6.07) is 3.87. The third-order valence-electron chi connectivity index (χ3n) is 3.75. The van der Waals surface area contributed by atoms with Crippen molar-refractivity contribution in [2.75, 3.05) is 11.1 Å².